The number of hydrogen-bond acceptors (Lipinski definition) is 6. The number of aryl methyl sites for hydroxylation is 1. The van der Waals surface area contributed by atoms with Gasteiger partial charge in [-0.2, -0.15) is 0 Å². The molecule has 2 aromatic rings. The molecule has 1 fully saturated rings. The molecule has 3 rings (SSSR count). The molecule has 1 aliphatic heterocycles. The van der Waals surface area contributed by atoms with Crippen molar-refractivity contribution >= 4 is 46.0 Å². The maximum absolute atomic E-state index is 12.0. The summed E-state index contributed by atoms with van der Waals surface area (Å²) in [6.07, 6.45) is 1.65. The predicted molar refractivity (Wildman–Crippen MR) is 96.5 cm³/mol. The number of benzene rings is 1. The third-order valence-electron chi connectivity index (χ3n) is 3.57. The molecule has 0 spiro atoms. The number of carbonyl (C=O) groups excluding carboxylic acids is 1. The number of carbonyl (C=O) groups is 1. The lowest BCUT2D eigenvalue weighted by molar-refractivity contribution is -0.384. The molecule has 1 saturated heterocycles. The van der Waals surface area contributed by atoms with E-state index in [4.69, 9.17) is 16.6 Å². The second-order valence-electron chi connectivity index (χ2n) is 5.20. The third kappa shape index (κ3) is 2.98. The van der Waals surface area contributed by atoms with Gasteiger partial charge in [-0.3, -0.25) is 19.8 Å². The van der Waals surface area contributed by atoms with Gasteiger partial charge in [-0.05, 0) is 30.7 Å². The number of non-ortho nitro benzene ring substituents is 1. The van der Waals surface area contributed by atoms with Crippen molar-refractivity contribution in [3.05, 3.63) is 56.7 Å². The van der Waals surface area contributed by atoms with Gasteiger partial charge in [-0.25, -0.2) is 0 Å². The zero-order valence-corrected chi connectivity index (χ0v) is 14.4. The first-order valence-corrected chi connectivity index (χ1v) is 8.16. The van der Waals surface area contributed by atoms with E-state index >= 15 is 0 Å². The van der Waals surface area contributed by atoms with Crippen molar-refractivity contribution in [3.8, 4) is 11.3 Å². The Morgan fingerprint density at radius 2 is 2.08 bits per heavy atom. The van der Waals surface area contributed by atoms with Crippen LogP contribution in [0.4, 0.5) is 5.69 Å². The molecule has 0 saturated carbocycles. The summed E-state index contributed by atoms with van der Waals surface area (Å²) >= 11 is 6.31. The normalized spacial score (nSPS) is 16.2. The second kappa shape index (κ2) is 6.21. The van der Waals surface area contributed by atoms with E-state index in [9.17, 15) is 14.9 Å². The van der Waals surface area contributed by atoms with Crippen LogP contribution in [-0.4, -0.2) is 27.1 Å². The first-order valence-electron chi connectivity index (χ1n) is 6.93. The zero-order valence-electron chi connectivity index (χ0n) is 12.8. The number of nitro groups is 1. The fourth-order valence-electron chi connectivity index (χ4n) is 2.29. The summed E-state index contributed by atoms with van der Waals surface area (Å²) in [5.74, 6) is 0.951. The summed E-state index contributed by atoms with van der Waals surface area (Å²) in [5, 5.41) is 10.8. The van der Waals surface area contributed by atoms with E-state index in [1.165, 1.54) is 28.8 Å². The topological polar surface area (TPSA) is 76.6 Å². The highest BCUT2D eigenvalue weighted by atomic mass is 32.2. The highest BCUT2D eigenvalue weighted by Gasteiger charge is 2.29. The Hall–Kier alpha value is -2.45. The standard InChI is InChI=1S/C16H12N2O4S2/c1-9-7-10(18(20)21)3-5-12(9)13-6-4-11(22-13)8-14-15(19)17(2)16(23)24-14/h3-8H,1-2H3/b14-8+. The Morgan fingerprint density at radius 3 is 2.67 bits per heavy atom. The van der Waals surface area contributed by atoms with Gasteiger partial charge in [-0.1, -0.05) is 24.0 Å². The van der Waals surface area contributed by atoms with Crippen LogP contribution < -0.4 is 0 Å². The molecule has 1 amide bonds. The maximum Gasteiger partial charge on any atom is 0.269 e. The van der Waals surface area contributed by atoms with Crippen molar-refractivity contribution in [1.29, 1.82) is 0 Å². The molecule has 0 N–H and O–H groups in total. The predicted octanol–water partition coefficient (Wildman–Crippen LogP) is 3.99. The number of furan rings is 1. The van der Waals surface area contributed by atoms with Gasteiger partial charge in [0.1, 0.15) is 15.8 Å². The first kappa shape index (κ1) is 16.4. The molecular weight excluding hydrogens is 348 g/mol. The summed E-state index contributed by atoms with van der Waals surface area (Å²) in [7, 11) is 1.63. The number of likely N-dealkylation sites (N-methyl/N-ethyl adjacent to an activating group) is 1. The van der Waals surface area contributed by atoms with Crippen molar-refractivity contribution < 1.29 is 14.1 Å². The van der Waals surface area contributed by atoms with Crippen LogP contribution in [0.1, 0.15) is 11.3 Å². The number of amides is 1. The Morgan fingerprint density at radius 1 is 1.33 bits per heavy atom. The van der Waals surface area contributed by atoms with Crippen LogP contribution in [0, 0.1) is 17.0 Å². The van der Waals surface area contributed by atoms with Crippen molar-refractivity contribution in [2.45, 2.75) is 6.92 Å². The lowest BCUT2D eigenvalue weighted by Crippen LogP contribution is -2.22. The quantitative estimate of drug-likeness (QED) is 0.356. The number of nitrogens with zero attached hydrogens (tertiary/aromatic N) is 2. The van der Waals surface area contributed by atoms with Crippen LogP contribution in [0.25, 0.3) is 17.4 Å². The van der Waals surface area contributed by atoms with Gasteiger partial charge in [-0.15, -0.1) is 0 Å². The van der Waals surface area contributed by atoms with Crippen LogP contribution in [-0.2, 0) is 4.79 Å². The van der Waals surface area contributed by atoms with Crippen LogP contribution in [0.2, 0.25) is 0 Å². The molecule has 122 valence electrons. The van der Waals surface area contributed by atoms with E-state index in [0.29, 0.717) is 20.7 Å². The molecule has 24 heavy (non-hydrogen) atoms. The number of nitro benzene ring substituents is 1. The maximum atomic E-state index is 12.0. The van der Waals surface area contributed by atoms with Crippen LogP contribution >= 0.6 is 24.0 Å². The summed E-state index contributed by atoms with van der Waals surface area (Å²) in [4.78, 5) is 24.3. The number of rotatable bonds is 3. The summed E-state index contributed by atoms with van der Waals surface area (Å²) in [6.45, 7) is 1.78. The van der Waals surface area contributed by atoms with Crippen molar-refractivity contribution in [2.75, 3.05) is 7.05 Å². The van der Waals surface area contributed by atoms with Crippen LogP contribution in [0.15, 0.2) is 39.7 Å². The summed E-state index contributed by atoms with van der Waals surface area (Å²) in [6, 6.07) is 8.11. The minimum absolute atomic E-state index is 0.0367. The number of thiocarbonyl (C=S) groups is 1. The Balaban J connectivity index is 1.91. The lowest BCUT2D eigenvalue weighted by Gasteiger charge is -2.03. The van der Waals surface area contributed by atoms with Gasteiger partial charge >= 0.3 is 0 Å². The molecular formula is C16H12N2O4S2. The highest BCUT2D eigenvalue weighted by Crippen LogP contribution is 2.33. The van der Waals surface area contributed by atoms with Gasteiger partial charge in [0.15, 0.2) is 0 Å². The second-order valence-corrected chi connectivity index (χ2v) is 6.87. The van der Waals surface area contributed by atoms with Crippen molar-refractivity contribution in [3.63, 3.8) is 0 Å². The molecule has 6 nitrogen and oxygen atoms in total. The average Bonchev–Trinajstić information content (AvgIpc) is 3.08. The molecule has 1 aromatic heterocycles. The minimum atomic E-state index is -0.433. The minimum Gasteiger partial charge on any atom is -0.457 e. The van der Waals surface area contributed by atoms with Crippen molar-refractivity contribution in [2.24, 2.45) is 0 Å². The van der Waals surface area contributed by atoms with Crippen LogP contribution in [0.3, 0.4) is 0 Å². The third-order valence-corrected chi connectivity index (χ3v) is 5.06. The Bertz CT molecular complexity index is 901. The van der Waals surface area contributed by atoms with E-state index in [2.05, 4.69) is 0 Å². The molecule has 0 aliphatic carbocycles. The van der Waals surface area contributed by atoms with Gasteiger partial charge < -0.3 is 4.42 Å². The summed E-state index contributed by atoms with van der Waals surface area (Å²) in [5.41, 5.74) is 1.54. The molecule has 0 bridgehead atoms. The monoisotopic (exact) mass is 360 g/mol. The van der Waals surface area contributed by atoms with E-state index < -0.39 is 4.92 Å². The molecule has 1 aliphatic rings. The molecule has 2 heterocycles. The Kier molecular flexibility index (Phi) is 4.25. The van der Waals surface area contributed by atoms with Gasteiger partial charge in [0, 0.05) is 30.8 Å². The van der Waals surface area contributed by atoms with Gasteiger partial charge in [0.05, 0.1) is 9.83 Å². The largest absolute Gasteiger partial charge is 0.457 e. The molecule has 0 unspecified atom stereocenters. The Labute approximate surface area is 147 Å². The van der Waals surface area contributed by atoms with Gasteiger partial charge in [0.2, 0.25) is 0 Å². The van der Waals surface area contributed by atoms with Crippen LogP contribution in [0.5, 0.6) is 0 Å². The van der Waals surface area contributed by atoms with E-state index in [0.717, 1.165) is 11.1 Å². The van der Waals surface area contributed by atoms with E-state index in [-0.39, 0.29) is 11.6 Å². The molecule has 0 atom stereocenters. The summed E-state index contributed by atoms with van der Waals surface area (Å²) < 4.78 is 6.26. The molecule has 1 aromatic carbocycles. The van der Waals surface area contributed by atoms with E-state index in [1.807, 2.05) is 0 Å². The lowest BCUT2D eigenvalue weighted by atomic mass is 10.1. The fourth-order valence-corrected chi connectivity index (χ4v) is 3.45. The average molecular weight is 360 g/mol. The first-order chi connectivity index (χ1) is 11.4. The molecule has 0 radical (unpaired) electrons. The zero-order chi connectivity index (χ0) is 17.4. The molecule has 8 heteroatoms. The number of hydrogen-bond donors (Lipinski definition) is 0. The fraction of sp³-hybridized carbons (Fsp3) is 0.125. The van der Waals surface area contributed by atoms with Crippen molar-refractivity contribution in [1.82, 2.24) is 4.90 Å². The smallest absolute Gasteiger partial charge is 0.269 e. The number of thioether (sulfide) groups is 1. The highest BCUT2D eigenvalue weighted by molar-refractivity contribution is 8.26. The van der Waals surface area contributed by atoms with E-state index in [1.54, 1.807) is 38.2 Å². The van der Waals surface area contributed by atoms with Gasteiger partial charge in [0.25, 0.3) is 11.6 Å². The SMILES string of the molecule is Cc1cc([N+](=O)[O-])ccc1-c1ccc(/C=C2/SC(=S)N(C)C2=O)o1.